The largest absolute Gasteiger partial charge is 0.285 e. The summed E-state index contributed by atoms with van der Waals surface area (Å²) in [4.78, 5) is 19.9. The van der Waals surface area contributed by atoms with Crippen LogP contribution in [-0.2, 0) is 20.4 Å². The van der Waals surface area contributed by atoms with Gasteiger partial charge in [-0.1, -0.05) is 72.4 Å². The molecule has 0 bridgehead atoms. The van der Waals surface area contributed by atoms with Gasteiger partial charge in [-0.05, 0) is 84.9 Å². The van der Waals surface area contributed by atoms with E-state index in [0.29, 0.717) is 0 Å². The van der Waals surface area contributed by atoms with Crippen molar-refractivity contribution in [3.8, 4) is 5.82 Å². The summed E-state index contributed by atoms with van der Waals surface area (Å²) in [6, 6.07) is 51.5. The molecule has 47 heavy (non-hydrogen) atoms. The first-order chi connectivity index (χ1) is 22.8. The Hall–Kier alpha value is -4.63. The SMILES string of the molecule is [Pd].c1ccc([PH+](c2ccccc2)c2cccc3ccc(N4c5ccccc5Sc5ccc(-n6ccc7cccnc76)nc54)nc23)cc1. The van der Waals surface area contributed by atoms with Crippen LogP contribution in [0.4, 0.5) is 17.3 Å². The molecular weight excluding hydrogens is 708 g/mol. The Labute approximate surface area is 291 Å². The molecule has 8 heteroatoms. The molecule has 0 unspecified atom stereocenters. The average molecular weight is 735 g/mol. The van der Waals surface area contributed by atoms with Gasteiger partial charge >= 0.3 is 0 Å². The summed E-state index contributed by atoms with van der Waals surface area (Å²) >= 11 is 1.74. The summed E-state index contributed by atoms with van der Waals surface area (Å²) in [7, 11) is -1.34. The van der Waals surface area contributed by atoms with E-state index < -0.39 is 7.92 Å². The number of aromatic nitrogens is 4. The summed E-state index contributed by atoms with van der Waals surface area (Å²) in [5.41, 5.74) is 2.98. The van der Waals surface area contributed by atoms with Gasteiger partial charge in [-0.15, -0.1) is 0 Å². The maximum atomic E-state index is 5.49. The molecule has 1 aliphatic heterocycles. The molecule has 4 aromatic carbocycles. The molecular formula is C39H27N5PPdS+. The van der Waals surface area contributed by atoms with Crippen LogP contribution in [0.2, 0.25) is 0 Å². The second kappa shape index (κ2) is 12.5. The molecule has 5 nitrogen and oxygen atoms in total. The Morgan fingerprint density at radius 3 is 2.09 bits per heavy atom. The minimum atomic E-state index is -1.34. The average Bonchev–Trinajstić information content (AvgIpc) is 3.56. The van der Waals surface area contributed by atoms with Gasteiger partial charge in [0.2, 0.25) is 0 Å². The number of para-hydroxylation sites is 2. The zero-order valence-corrected chi connectivity index (χ0v) is 28.3. The van der Waals surface area contributed by atoms with Crippen LogP contribution in [0.5, 0.6) is 0 Å². The van der Waals surface area contributed by atoms with Gasteiger partial charge in [0.1, 0.15) is 46.6 Å². The van der Waals surface area contributed by atoms with E-state index in [1.165, 1.54) is 20.8 Å². The van der Waals surface area contributed by atoms with E-state index in [-0.39, 0.29) is 20.4 Å². The zero-order valence-electron chi connectivity index (χ0n) is 25.0. The van der Waals surface area contributed by atoms with Crippen molar-refractivity contribution >= 4 is 74.9 Å². The Balaban J connectivity index is 0.00000324. The molecule has 0 aliphatic carbocycles. The summed E-state index contributed by atoms with van der Waals surface area (Å²) in [5.74, 6) is 2.52. The van der Waals surface area contributed by atoms with Crippen molar-refractivity contribution in [3.63, 3.8) is 0 Å². The first kappa shape index (κ1) is 29.8. The fraction of sp³-hybridized carbons (Fsp3) is 0. The van der Waals surface area contributed by atoms with E-state index in [0.717, 1.165) is 50.0 Å². The first-order valence-electron chi connectivity index (χ1n) is 15.2. The number of nitrogens with zero attached hydrogens (tertiary/aromatic N) is 5. The van der Waals surface area contributed by atoms with Crippen LogP contribution in [0.15, 0.2) is 168 Å². The number of anilines is 3. The van der Waals surface area contributed by atoms with Gasteiger partial charge in [0.15, 0.2) is 5.82 Å². The fourth-order valence-electron chi connectivity index (χ4n) is 6.29. The van der Waals surface area contributed by atoms with E-state index in [1.54, 1.807) is 11.8 Å². The Morgan fingerprint density at radius 1 is 0.553 bits per heavy atom. The van der Waals surface area contributed by atoms with Gasteiger partial charge < -0.3 is 0 Å². The monoisotopic (exact) mass is 734 g/mol. The van der Waals surface area contributed by atoms with Crippen molar-refractivity contribution in [3.05, 3.63) is 158 Å². The molecule has 0 N–H and O–H groups in total. The molecule has 0 amide bonds. The maximum Gasteiger partial charge on any atom is 0.155 e. The number of hydrogen-bond acceptors (Lipinski definition) is 5. The van der Waals surface area contributed by atoms with Crippen molar-refractivity contribution in [1.29, 1.82) is 0 Å². The Kier molecular flexibility index (Phi) is 7.93. The van der Waals surface area contributed by atoms with E-state index in [9.17, 15) is 0 Å². The first-order valence-corrected chi connectivity index (χ1v) is 17.5. The zero-order chi connectivity index (χ0) is 30.5. The second-order valence-corrected chi connectivity index (χ2v) is 14.7. The summed E-state index contributed by atoms with van der Waals surface area (Å²) in [6.07, 6.45) is 3.87. The van der Waals surface area contributed by atoms with Crippen molar-refractivity contribution in [2.24, 2.45) is 0 Å². The summed E-state index contributed by atoms with van der Waals surface area (Å²) in [6.45, 7) is 0. The van der Waals surface area contributed by atoms with Crippen molar-refractivity contribution in [2.75, 3.05) is 4.90 Å². The van der Waals surface area contributed by atoms with Crippen LogP contribution < -0.4 is 20.8 Å². The standard InChI is InChI=1S/C39H26N5PS.Pd/c1-3-13-29(14-4-1)45(30-15-5-2-6-16-30)32-18-9-11-27-20-22-36(41-37(27)32)44-31-17-7-8-19-33(31)46-34-21-23-35(42-39(34)44)43-26-24-28-12-10-25-40-38(28)43;/h1-26H;/p+1. The quantitative estimate of drug-likeness (QED) is 0.131. The molecule has 0 atom stereocenters. The van der Waals surface area contributed by atoms with Crippen LogP contribution in [0.3, 0.4) is 0 Å². The van der Waals surface area contributed by atoms with E-state index in [1.807, 2.05) is 18.5 Å². The predicted octanol–water partition coefficient (Wildman–Crippen LogP) is 8.39. The van der Waals surface area contributed by atoms with Crippen LogP contribution >= 0.6 is 19.7 Å². The van der Waals surface area contributed by atoms with Crippen LogP contribution in [-0.4, -0.2) is 19.5 Å². The van der Waals surface area contributed by atoms with Crippen molar-refractivity contribution < 1.29 is 20.4 Å². The van der Waals surface area contributed by atoms with Gasteiger partial charge in [-0.25, -0.2) is 15.0 Å². The van der Waals surface area contributed by atoms with Crippen molar-refractivity contribution in [1.82, 2.24) is 19.5 Å². The number of pyridine rings is 3. The third-order valence-corrected chi connectivity index (χ3v) is 12.3. The number of benzene rings is 4. The molecule has 4 aromatic heterocycles. The van der Waals surface area contributed by atoms with E-state index >= 15 is 0 Å². The molecule has 0 saturated carbocycles. The predicted molar refractivity (Wildman–Crippen MR) is 193 cm³/mol. The minimum Gasteiger partial charge on any atom is -0.285 e. The normalized spacial score (nSPS) is 12.1. The van der Waals surface area contributed by atoms with Crippen molar-refractivity contribution in [2.45, 2.75) is 9.79 Å². The fourth-order valence-corrected chi connectivity index (χ4v) is 10.0. The minimum absolute atomic E-state index is 0. The maximum absolute atomic E-state index is 5.49. The number of rotatable bonds is 5. The van der Waals surface area contributed by atoms with Gasteiger partial charge in [-0.2, -0.15) is 0 Å². The summed E-state index contributed by atoms with van der Waals surface area (Å²) < 4.78 is 2.05. The molecule has 5 heterocycles. The summed E-state index contributed by atoms with van der Waals surface area (Å²) in [5, 5.41) is 6.15. The molecule has 8 aromatic rings. The van der Waals surface area contributed by atoms with Crippen LogP contribution in [0.1, 0.15) is 0 Å². The third kappa shape index (κ3) is 5.26. The molecule has 228 valence electrons. The molecule has 9 rings (SSSR count). The molecule has 0 fully saturated rings. The van der Waals surface area contributed by atoms with Gasteiger partial charge in [0, 0.05) is 48.5 Å². The van der Waals surface area contributed by atoms with Gasteiger partial charge in [-0.3, -0.25) is 9.47 Å². The van der Waals surface area contributed by atoms with Crippen LogP contribution in [0, 0.1) is 0 Å². The van der Waals surface area contributed by atoms with Crippen LogP contribution in [0.25, 0.3) is 27.8 Å². The van der Waals surface area contributed by atoms with Gasteiger partial charge in [0.25, 0.3) is 0 Å². The molecule has 0 saturated heterocycles. The number of fused-ring (bicyclic) bond motifs is 4. The van der Waals surface area contributed by atoms with Gasteiger partial charge in [0.05, 0.1) is 10.6 Å². The Bertz CT molecular complexity index is 2340. The third-order valence-electron chi connectivity index (χ3n) is 8.39. The molecule has 0 spiro atoms. The smallest absolute Gasteiger partial charge is 0.155 e. The number of hydrogen-bond donors (Lipinski definition) is 0. The topological polar surface area (TPSA) is 46.8 Å². The second-order valence-electron chi connectivity index (χ2n) is 11.2. The van der Waals surface area contributed by atoms with E-state index in [2.05, 4.69) is 154 Å². The Morgan fingerprint density at radius 2 is 1.28 bits per heavy atom. The van der Waals surface area contributed by atoms with E-state index in [4.69, 9.17) is 9.97 Å². The molecule has 1 aliphatic rings. The molecule has 0 radical (unpaired) electrons.